The number of ether oxygens (including phenoxy) is 1. The largest absolute Gasteiger partial charge is 0.456 e. The Labute approximate surface area is 131 Å². The van der Waals surface area contributed by atoms with Crippen molar-refractivity contribution < 1.29 is 13.9 Å². The van der Waals surface area contributed by atoms with Crippen molar-refractivity contribution in [2.24, 2.45) is 0 Å². The Balaban J connectivity index is 1.85. The normalized spacial score (nSPS) is 19.9. The molecular weight excluding hydrogens is 301 g/mol. The predicted molar refractivity (Wildman–Crippen MR) is 83.0 cm³/mol. The number of rotatable bonds is 1. The molecule has 2 aromatic carbocycles. The van der Waals surface area contributed by atoms with Crippen LogP contribution in [-0.2, 0) is 9.53 Å². The third-order valence-corrected chi connectivity index (χ3v) is 5.10. The summed E-state index contributed by atoms with van der Waals surface area (Å²) in [4.78, 5) is 13.2. The quantitative estimate of drug-likeness (QED) is 0.811. The first kappa shape index (κ1) is 13.4. The van der Waals surface area contributed by atoms with Crippen LogP contribution in [0.5, 0.6) is 0 Å². The molecule has 2 aliphatic rings. The average Bonchev–Trinajstić information content (AvgIpc) is 2.79. The molecule has 2 heterocycles. The SMILES string of the molecule is O=C1OCC2=C1[C@H](c1ccc(F)cc1)Sc1ccccc1N2. The van der Waals surface area contributed by atoms with Gasteiger partial charge in [-0.3, -0.25) is 0 Å². The summed E-state index contributed by atoms with van der Waals surface area (Å²) >= 11 is 1.57. The van der Waals surface area contributed by atoms with E-state index < -0.39 is 0 Å². The second-order valence-corrected chi connectivity index (χ2v) is 6.29. The summed E-state index contributed by atoms with van der Waals surface area (Å²) in [5.74, 6) is -0.596. The number of para-hydroxylation sites is 1. The average molecular weight is 313 g/mol. The Bertz CT molecular complexity index is 786. The van der Waals surface area contributed by atoms with Crippen molar-refractivity contribution in [3.63, 3.8) is 0 Å². The zero-order valence-electron chi connectivity index (χ0n) is 11.5. The van der Waals surface area contributed by atoms with E-state index in [0.29, 0.717) is 5.57 Å². The number of carbonyl (C=O) groups is 1. The number of halogens is 1. The third kappa shape index (κ3) is 2.18. The molecule has 110 valence electrons. The molecule has 0 radical (unpaired) electrons. The van der Waals surface area contributed by atoms with Crippen molar-refractivity contribution in [2.75, 3.05) is 11.9 Å². The molecule has 2 aliphatic heterocycles. The minimum Gasteiger partial charge on any atom is -0.456 e. The first-order valence-corrected chi connectivity index (χ1v) is 7.79. The molecule has 4 rings (SSSR count). The zero-order chi connectivity index (χ0) is 15.1. The molecule has 0 fully saturated rings. The van der Waals surface area contributed by atoms with Crippen molar-refractivity contribution in [3.05, 3.63) is 71.2 Å². The number of benzene rings is 2. The number of anilines is 1. The Morgan fingerprint density at radius 3 is 2.73 bits per heavy atom. The number of hydrogen-bond acceptors (Lipinski definition) is 4. The molecule has 1 N–H and O–H groups in total. The van der Waals surface area contributed by atoms with Crippen LogP contribution in [0.1, 0.15) is 10.8 Å². The molecular formula is C17H12FNO2S. The van der Waals surface area contributed by atoms with E-state index in [1.165, 1.54) is 12.1 Å². The molecule has 0 unspecified atom stereocenters. The van der Waals surface area contributed by atoms with Crippen LogP contribution in [-0.4, -0.2) is 12.6 Å². The summed E-state index contributed by atoms with van der Waals surface area (Å²) in [6.45, 7) is 0.251. The van der Waals surface area contributed by atoms with E-state index in [1.54, 1.807) is 23.9 Å². The van der Waals surface area contributed by atoms with E-state index in [0.717, 1.165) is 21.8 Å². The summed E-state index contributed by atoms with van der Waals surface area (Å²) in [6, 6.07) is 14.2. The third-order valence-electron chi connectivity index (χ3n) is 3.75. The van der Waals surface area contributed by atoms with E-state index in [-0.39, 0.29) is 23.6 Å². The van der Waals surface area contributed by atoms with Gasteiger partial charge < -0.3 is 10.1 Å². The van der Waals surface area contributed by atoms with Crippen molar-refractivity contribution in [1.29, 1.82) is 0 Å². The topological polar surface area (TPSA) is 38.3 Å². The smallest absolute Gasteiger partial charge is 0.337 e. The van der Waals surface area contributed by atoms with Gasteiger partial charge in [0.25, 0.3) is 0 Å². The Morgan fingerprint density at radius 2 is 1.91 bits per heavy atom. The van der Waals surface area contributed by atoms with Crippen molar-refractivity contribution in [3.8, 4) is 0 Å². The highest BCUT2D eigenvalue weighted by Gasteiger charge is 2.36. The number of hydrogen-bond donors (Lipinski definition) is 1. The number of carbonyl (C=O) groups excluding carboxylic acids is 1. The molecule has 3 nitrogen and oxygen atoms in total. The van der Waals surface area contributed by atoms with Gasteiger partial charge in [0.15, 0.2) is 0 Å². The summed E-state index contributed by atoms with van der Waals surface area (Å²) in [5, 5.41) is 3.10. The van der Waals surface area contributed by atoms with Crippen molar-refractivity contribution >= 4 is 23.4 Å². The highest BCUT2D eigenvalue weighted by atomic mass is 32.2. The molecule has 0 saturated heterocycles. The van der Waals surface area contributed by atoms with Gasteiger partial charge in [-0.05, 0) is 29.8 Å². The second-order valence-electron chi connectivity index (χ2n) is 5.14. The van der Waals surface area contributed by atoms with Gasteiger partial charge in [0.2, 0.25) is 0 Å². The maximum atomic E-state index is 13.2. The fourth-order valence-corrected chi connectivity index (χ4v) is 3.99. The first-order chi connectivity index (χ1) is 10.7. The lowest BCUT2D eigenvalue weighted by Crippen LogP contribution is -2.08. The van der Waals surface area contributed by atoms with Crippen molar-refractivity contribution in [1.82, 2.24) is 0 Å². The summed E-state index contributed by atoms with van der Waals surface area (Å²) in [6.07, 6.45) is 0. The molecule has 0 spiro atoms. The van der Waals surface area contributed by atoms with Gasteiger partial charge in [-0.2, -0.15) is 0 Å². The van der Waals surface area contributed by atoms with Crippen LogP contribution in [0.4, 0.5) is 10.1 Å². The van der Waals surface area contributed by atoms with E-state index in [2.05, 4.69) is 5.32 Å². The van der Waals surface area contributed by atoms with Crippen LogP contribution in [0.15, 0.2) is 64.7 Å². The fourth-order valence-electron chi connectivity index (χ4n) is 2.68. The predicted octanol–water partition coefficient (Wildman–Crippen LogP) is 3.90. The summed E-state index contributed by atoms with van der Waals surface area (Å²) in [7, 11) is 0. The van der Waals surface area contributed by atoms with Gasteiger partial charge in [-0.15, -0.1) is 11.8 Å². The number of thioether (sulfide) groups is 1. The molecule has 0 bridgehead atoms. The van der Waals surface area contributed by atoms with Crippen LogP contribution in [0.2, 0.25) is 0 Å². The number of esters is 1. The van der Waals surface area contributed by atoms with Gasteiger partial charge in [0.05, 0.1) is 22.2 Å². The summed E-state index contributed by atoms with van der Waals surface area (Å²) < 4.78 is 18.4. The molecule has 5 heteroatoms. The fraction of sp³-hybridized carbons (Fsp3) is 0.118. The van der Waals surface area contributed by atoms with Crippen LogP contribution in [0.3, 0.4) is 0 Å². The number of fused-ring (bicyclic) bond motifs is 1. The highest BCUT2D eigenvalue weighted by molar-refractivity contribution is 8.00. The van der Waals surface area contributed by atoms with E-state index in [1.807, 2.05) is 24.3 Å². The molecule has 2 aromatic rings. The van der Waals surface area contributed by atoms with Crippen LogP contribution < -0.4 is 5.32 Å². The maximum Gasteiger partial charge on any atom is 0.337 e. The van der Waals surface area contributed by atoms with Gasteiger partial charge in [-0.1, -0.05) is 24.3 Å². The van der Waals surface area contributed by atoms with Gasteiger partial charge in [0, 0.05) is 4.90 Å². The zero-order valence-corrected chi connectivity index (χ0v) is 12.3. The molecule has 0 amide bonds. The maximum absolute atomic E-state index is 13.2. The lowest BCUT2D eigenvalue weighted by molar-refractivity contribution is -0.136. The van der Waals surface area contributed by atoms with E-state index in [9.17, 15) is 9.18 Å². The van der Waals surface area contributed by atoms with Crippen LogP contribution in [0.25, 0.3) is 0 Å². The number of nitrogens with one attached hydrogen (secondary N) is 1. The Kier molecular flexibility index (Phi) is 3.15. The van der Waals surface area contributed by atoms with Crippen LogP contribution >= 0.6 is 11.8 Å². The van der Waals surface area contributed by atoms with Crippen LogP contribution in [0, 0.1) is 5.82 Å². The lowest BCUT2D eigenvalue weighted by atomic mass is 10.0. The minimum atomic E-state index is -0.308. The number of cyclic esters (lactones) is 1. The molecule has 0 saturated carbocycles. The monoisotopic (exact) mass is 313 g/mol. The lowest BCUT2D eigenvalue weighted by Gasteiger charge is -2.16. The first-order valence-electron chi connectivity index (χ1n) is 6.91. The molecule has 1 atom stereocenters. The van der Waals surface area contributed by atoms with Gasteiger partial charge in [0.1, 0.15) is 12.4 Å². The Hall–Kier alpha value is -2.27. The minimum absolute atomic E-state index is 0.207. The molecule has 0 aromatic heterocycles. The van der Waals surface area contributed by atoms with E-state index in [4.69, 9.17) is 4.74 Å². The molecule has 22 heavy (non-hydrogen) atoms. The summed E-state index contributed by atoms with van der Waals surface area (Å²) in [5.41, 5.74) is 3.25. The van der Waals surface area contributed by atoms with Gasteiger partial charge in [-0.25, -0.2) is 9.18 Å². The standard InChI is InChI=1S/C17H12FNO2S/c18-11-7-5-10(6-8-11)16-15-13(9-21-17(15)20)19-12-3-1-2-4-14(12)22-16/h1-8,16,19H,9H2/t16-/m0/s1. The second kappa shape index (κ2) is 5.18. The Morgan fingerprint density at radius 1 is 1.14 bits per heavy atom. The van der Waals surface area contributed by atoms with Gasteiger partial charge >= 0.3 is 5.97 Å². The molecule has 0 aliphatic carbocycles. The highest BCUT2D eigenvalue weighted by Crippen LogP contribution is 2.48. The van der Waals surface area contributed by atoms with E-state index >= 15 is 0 Å². The van der Waals surface area contributed by atoms with Crippen molar-refractivity contribution in [2.45, 2.75) is 10.1 Å².